The number of aliphatic hydroxyl groups excluding tert-OH is 1. The highest BCUT2D eigenvalue weighted by Crippen LogP contribution is 2.44. The van der Waals surface area contributed by atoms with Crippen molar-refractivity contribution >= 4 is 32.0 Å². The third-order valence-electron chi connectivity index (χ3n) is 6.21. The Morgan fingerprint density at radius 3 is 2.19 bits per heavy atom. The van der Waals surface area contributed by atoms with Crippen molar-refractivity contribution in [3.05, 3.63) is 88.4 Å². The molecule has 36 heavy (non-hydrogen) atoms. The zero-order chi connectivity index (χ0) is 25.5. The van der Waals surface area contributed by atoms with Gasteiger partial charge in [-0.05, 0) is 65.8 Å². The number of sulfonamides is 1. The van der Waals surface area contributed by atoms with Crippen LogP contribution in [-0.4, -0.2) is 45.4 Å². The SMILES string of the molecule is O=C(NC[C@H](O)CCCCNS(=O)(=O)c1ccc(Br)cc1)OCC1c2ccccc2-c2ccccc21. The smallest absolute Gasteiger partial charge is 0.407 e. The van der Waals surface area contributed by atoms with Crippen LogP contribution in [0, 0.1) is 0 Å². The van der Waals surface area contributed by atoms with Crippen LogP contribution in [-0.2, 0) is 14.8 Å². The number of carbonyl (C=O) groups is 1. The standard InChI is InChI=1S/C27H29BrN2O5S/c28-19-12-14-21(15-13-19)36(33,34)30-16-6-5-7-20(31)17-29-27(32)35-18-26-24-10-3-1-8-22(24)23-9-2-4-11-25(23)26/h1-4,8-15,20,26,30-31H,5-7,16-18H2,(H,29,32)/t20-/m1/s1. The normalized spacial score (nSPS) is 13.6. The number of alkyl carbamates (subject to hydrolysis) is 1. The van der Waals surface area contributed by atoms with Gasteiger partial charge in [-0.3, -0.25) is 0 Å². The number of hydrogen-bond donors (Lipinski definition) is 3. The molecule has 1 aliphatic carbocycles. The van der Waals surface area contributed by atoms with E-state index in [1.807, 2.05) is 24.3 Å². The van der Waals surface area contributed by atoms with E-state index in [2.05, 4.69) is 50.2 Å². The lowest BCUT2D eigenvalue weighted by molar-refractivity contribution is 0.124. The number of aliphatic hydroxyl groups is 1. The highest BCUT2D eigenvalue weighted by atomic mass is 79.9. The van der Waals surface area contributed by atoms with Crippen LogP contribution in [0.2, 0.25) is 0 Å². The van der Waals surface area contributed by atoms with Crippen LogP contribution in [0.4, 0.5) is 4.79 Å². The molecule has 1 amide bonds. The Kier molecular flexibility index (Phi) is 8.79. The molecule has 1 aliphatic rings. The van der Waals surface area contributed by atoms with Crippen LogP contribution in [0.25, 0.3) is 11.1 Å². The van der Waals surface area contributed by atoms with E-state index in [1.165, 1.54) is 12.1 Å². The maximum Gasteiger partial charge on any atom is 0.407 e. The molecule has 0 saturated heterocycles. The van der Waals surface area contributed by atoms with Gasteiger partial charge in [0.15, 0.2) is 0 Å². The van der Waals surface area contributed by atoms with Crippen molar-refractivity contribution in [3.63, 3.8) is 0 Å². The minimum absolute atomic E-state index is 0.0192. The van der Waals surface area contributed by atoms with Crippen molar-refractivity contribution in [2.45, 2.75) is 36.2 Å². The zero-order valence-corrected chi connectivity index (χ0v) is 22.1. The third kappa shape index (κ3) is 6.53. The second kappa shape index (κ2) is 12.0. The highest BCUT2D eigenvalue weighted by Gasteiger charge is 2.29. The van der Waals surface area contributed by atoms with Crippen molar-refractivity contribution in [3.8, 4) is 11.1 Å². The summed E-state index contributed by atoms with van der Waals surface area (Å²) in [4.78, 5) is 12.5. The van der Waals surface area contributed by atoms with Gasteiger partial charge >= 0.3 is 6.09 Å². The summed E-state index contributed by atoms with van der Waals surface area (Å²) in [5.74, 6) is -0.0192. The van der Waals surface area contributed by atoms with E-state index in [0.29, 0.717) is 19.3 Å². The molecule has 3 N–H and O–H groups in total. The number of unbranched alkanes of at least 4 members (excludes halogenated alkanes) is 1. The summed E-state index contributed by atoms with van der Waals surface area (Å²) in [6, 6.07) is 22.7. The van der Waals surface area contributed by atoms with Gasteiger partial charge < -0.3 is 15.2 Å². The molecule has 3 aromatic carbocycles. The zero-order valence-electron chi connectivity index (χ0n) is 19.7. The molecule has 0 heterocycles. The Morgan fingerprint density at radius 1 is 0.944 bits per heavy atom. The first-order valence-electron chi connectivity index (χ1n) is 11.9. The minimum atomic E-state index is -3.56. The summed E-state index contributed by atoms with van der Waals surface area (Å²) in [6.45, 7) is 0.556. The predicted molar refractivity (Wildman–Crippen MR) is 142 cm³/mol. The largest absolute Gasteiger partial charge is 0.449 e. The maximum atomic E-state index is 12.3. The molecule has 9 heteroatoms. The molecule has 0 unspecified atom stereocenters. The Hall–Kier alpha value is -2.72. The summed E-state index contributed by atoms with van der Waals surface area (Å²) < 4.78 is 33.4. The van der Waals surface area contributed by atoms with Crippen LogP contribution in [0.5, 0.6) is 0 Å². The number of benzene rings is 3. The van der Waals surface area contributed by atoms with Crippen molar-refractivity contribution < 1.29 is 23.1 Å². The molecule has 3 aromatic rings. The van der Waals surface area contributed by atoms with Crippen LogP contribution < -0.4 is 10.0 Å². The average molecular weight is 574 g/mol. The lowest BCUT2D eigenvalue weighted by Crippen LogP contribution is -2.33. The predicted octanol–water partition coefficient (Wildman–Crippen LogP) is 4.80. The van der Waals surface area contributed by atoms with Crippen LogP contribution in [0.15, 0.2) is 82.2 Å². The van der Waals surface area contributed by atoms with Gasteiger partial charge in [0.1, 0.15) is 6.61 Å². The molecule has 1 atom stereocenters. The fraction of sp³-hybridized carbons (Fsp3) is 0.296. The van der Waals surface area contributed by atoms with Crippen LogP contribution in [0.3, 0.4) is 0 Å². The van der Waals surface area contributed by atoms with Gasteiger partial charge in [0.05, 0.1) is 11.0 Å². The molecule has 0 aliphatic heterocycles. The third-order valence-corrected chi connectivity index (χ3v) is 8.21. The summed E-state index contributed by atoms with van der Waals surface area (Å²) >= 11 is 3.28. The number of fused-ring (bicyclic) bond motifs is 3. The Morgan fingerprint density at radius 2 is 1.56 bits per heavy atom. The molecule has 0 saturated carbocycles. The molecule has 0 aromatic heterocycles. The number of halogens is 1. The van der Waals surface area contributed by atoms with Gasteiger partial charge in [-0.1, -0.05) is 64.5 Å². The van der Waals surface area contributed by atoms with E-state index < -0.39 is 22.2 Å². The Labute approximate surface area is 220 Å². The van der Waals surface area contributed by atoms with Gasteiger partial charge in [0.25, 0.3) is 0 Å². The fourth-order valence-corrected chi connectivity index (χ4v) is 5.70. The van der Waals surface area contributed by atoms with E-state index in [-0.39, 0.29) is 30.5 Å². The molecule has 7 nitrogen and oxygen atoms in total. The molecule has 0 fully saturated rings. The molecule has 0 spiro atoms. The summed E-state index contributed by atoms with van der Waals surface area (Å²) in [5.41, 5.74) is 4.61. The maximum absolute atomic E-state index is 12.3. The topological polar surface area (TPSA) is 105 Å². The monoisotopic (exact) mass is 572 g/mol. The number of nitrogens with one attached hydrogen (secondary N) is 2. The minimum Gasteiger partial charge on any atom is -0.449 e. The fourth-order valence-electron chi connectivity index (χ4n) is 4.36. The van der Waals surface area contributed by atoms with Crippen LogP contribution in [0.1, 0.15) is 36.3 Å². The molecular weight excluding hydrogens is 544 g/mol. The second-order valence-electron chi connectivity index (χ2n) is 8.71. The first-order chi connectivity index (χ1) is 17.3. The first-order valence-corrected chi connectivity index (χ1v) is 14.1. The molecule has 190 valence electrons. The highest BCUT2D eigenvalue weighted by molar-refractivity contribution is 9.10. The lowest BCUT2D eigenvalue weighted by Gasteiger charge is -2.16. The van der Waals surface area contributed by atoms with Crippen LogP contribution >= 0.6 is 15.9 Å². The number of amides is 1. The number of ether oxygens (including phenoxy) is 1. The second-order valence-corrected chi connectivity index (χ2v) is 11.4. The van der Waals surface area contributed by atoms with Crippen molar-refractivity contribution in [2.24, 2.45) is 0 Å². The van der Waals surface area contributed by atoms with Gasteiger partial charge in [-0.25, -0.2) is 17.9 Å². The van der Waals surface area contributed by atoms with E-state index in [0.717, 1.165) is 26.7 Å². The van der Waals surface area contributed by atoms with Gasteiger partial charge in [-0.2, -0.15) is 0 Å². The van der Waals surface area contributed by atoms with Gasteiger partial charge in [0.2, 0.25) is 10.0 Å². The summed E-state index contributed by atoms with van der Waals surface area (Å²) in [5, 5.41) is 12.8. The molecule has 4 rings (SSSR count). The van der Waals surface area contributed by atoms with E-state index in [4.69, 9.17) is 4.74 Å². The van der Waals surface area contributed by atoms with Gasteiger partial charge in [0, 0.05) is 23.5 Å². The lowest BCUT2D eigenvalue weighted by atomic mass is 9.98. The van der Waals surface area contributed by atoms with Gasteiger partial charge in [-0.15, -0.1) is 0 Å². The summed E-state index contributed by atoms with van der Waals surface area (Å²) in [7, 11) is -3.56. The van der Waals surface area contributed by atoms with Crippen molar-refractivity contribution in [2.75, 3.05) is 19.7 Å². The van der Waals surface area contributed by atoms with E-state index in [9.17, 15) is 18.3 Å². The molecule has 0 bridgehead atoms. The quantitative estimate of drug-likeness (QED) is 0.286. The molecular formula is C27H29BrN2O5S. The van der Waals surface area contributed by atoms with E-state index >= 15 is 0 Å². The van der Waals surface area contributed by atoms with E-state index in [1.54, 1.807) is 12.1 Å². The number of hydrogen-bond acceptors (Lipinski definition) is 5. The van der Waals surface area contributed by atoms with Crippen molar-refractivity contribution in [1.29, 1.82) is 0 Å². The first kappa shape index (κ1) is 26.3. The van der Waals surface area contributed by atoms with Crippen molar-refractivity contribution in [1.82, 2.24) is 10.0 Å². The Balaban J connectivity index is 1.15. The average Bonchev–Trinajstić information content (AvgIpc) is 3.20. The number of carbonyl (C=O) groups excluding carboxylic acids is 1. The number of rotatable bonds is 11. The Bertz CT molecular complexity index is 1250. The molecule has 0 radical (unpaired) electrons. The summed E-state index contributed by atoms with van der Waals surface area (Å²) in [6.07, 6.45) is 0.296.